The van der Waals surface area contributed by atoms with E-state index in [1.54, 1.807) is 0 Å². The topological polar surface area (TPSA) is 0 Å². The average Bonchev–Trinajstić information content (AvgIpc) is 3.39. The molecule has 6 aliphatic carbocycles. The number of hydrogen-bond donors (Lipinski definition) is 0. The highest BCUT2D eigenvalue weighted by atomic mass is 14.4. The van der Waals surface area contributed by atoms with E-state index in [2.05, 4.69) is 184 Å². The Morgan fingerprint density at radius 3 is 2.00 bits per heavy atom. The molecule has 0 N–H and O–H groups in total. The lowest BCUT2D eigenvalue weighted by Gasteiger charge is -2.41. The molecule has 0 bridgehead atoms. The number of rotatable bonds is 3. The van der Waals surface area contributed by atoms with Crippen molar-refractivity contribution < 1.29 is 0 Å². The number of hydrogen-bond acceptors (Lipinski definition) is 0. The monoisotopic (exact) mass is 628 g/mol. The second-order valence-corrected chi connectivity index (χ2v) is 15.2. The molecule has 6 atom stereocenters. The fourth-order valence-electron chi connectivity index (χ4n) is 9.52. The van der Waals surface area contributed by atoms with Gasteiger partial charge in [0.2, 0.25) is 0 Å². The van der Waals surface area contributed by atoms with Gasteiger partial charge >= 0.3 is 0 Å². The highest BCUT2D eigenvalue weighted by molar-refractivity contribution is 5.92. The lowest BCUT2D eigenvalue weighted by molar-refractivity contribution is 0.336. The third kappa shape index (κ3) is 4.57. The molecule has 10 rings (SSSR count). The van der Waals surface area contributed by atoms with Crippen LogP contribution in [0.4, 0.5) is 0 Å². The molecule has 0 fully saturated rings. The van der Waals surface area contributed by atoms with Gasteiger partial charge in [-0.15, -0.1) is 0 Å². The Bertz CT molecular complexity index is 2340. The van der Waals surface area contributed by atoms with Crippen molar-refractivity contribution in [2.75, 3.05) is 0 Å². The van der Waals surface area contributed by atoms with E-state index in [1.165, 1.54) is 66.4 Å². The van der Waals surface area contributed by atoms with E-state index in [-0.39, 0.29) is 5.41 Å². The summed E-state index contributed by atoms with van der Waals surface area (Å²) in [5, 5.41) is 2.56. The van der Waals surface area contributed by atoms with Crippen LogP contribution < -0.4 is 0 Å². The molecule has 0 radical (unpaired) electrons. The third-order valence-electron chi connectivity index (χ3n) is 12.2. The largest absolute Gasteiger partial charge is 0.0799 e. The van der Waals surface area contributed by atoms with Crippen LogP contribution in [0.1, 0.15) is 30.5 Å². The summed E-state index contributed by atoms with van der Waals surface area (Å²) < 4.78 is 0. The van der Waals surface area contributed by atoms with E-state index >= 15 is 0 Å². The molecule has 0 saturated heterocycles. The summed E-state index contributed by atoms with van der Waals surface area (Å²) in [6.45, 7) is 4.71. The zero-order chi connectivity index (χ0) is 32.7. The molecular weight excluding hydrogens is 589 g/mol. The first kappa shape index (κ1) is 28.8. The number of benzene rings is 4. The fourth-order valence-corrected chi connectivity index (χ4v) is 9.52. The van der Waals surface area contributed by atoms with Gasteiger partial charge in [0.15, 0.2) is 0 Å². The fraction of sp³-hybridized carbons (Fsp3) is 0.184. The molecule has 236 valence electrons. The molecule has 0 aliphatic heterocycles. The second-order valence-electron chi connectivity index (χ2n) is 15.2. The second kappa shape index (κ2) is 10.9. The van der Waals surface area contributed by atoms with Crippen molar-refractivity contribution in [3.05, 3.63) is 198 Å². The van der Waals surface area contributed by atoms with Gasteiger partial charge in [-0.3, -0.25) is 0 Å². The van der Waals surface area contributed by atoms with Crippen LogP contribution in [0.2, 0.25) is 0 Å². The standard InChI is InChI=1S/C49H40/c1-49(2)47-14-8-7-13-44(47)45-24-23-37(30-48(45)49)35-21-20-32-25-34(19-18-33(32)26-35)36-17-15-31-16-22-39(28-40(31)27-36)46-29-38-9-3-4-10-41(38)42-11-5-6-12-43(42)46/h3-31,38,40-43H,1-2H3. The van der Waals surface area contributed by atoms with Crippen molar-refractivity contribution in [2.45, 2.75) is 19.3 Å². The molecule has 0 heterocycles. The molecule has 0 heteroatoms. The quantitative estimate of drug-likeness (QED) is 0.212. The Labute approximate surface area is 290 Å². The van der Waals surface area contributed by atoms with Crippen molar-refractivity contribution >= 4 is 16.3 Å². The van der Waals surface area contributed by atoms with Crippen LogP contribution in [0.25, 0.3) is 38.6 Å². The Balaban J connectivity index is 0.945. The van der Waals surface area contributed by atoms with Crippen LogP contribution in [0.15, 0.2) is 181 Å². The van der Waals surface area contributed by atoms with E-state index in [0.29, 0.717) is 35.5 Å². The SMILES string of the molecule is CC1(C)c2ccccc2-c2ccc(-c3ccc4cc(C5=CC6C=C(C7=CC8C=CC=CC8C8C=CC=CC78)C=CC6C=C5)ccc4c3)cc21. The summed E-state index contributed by atoms with van der Waals surface area (Å²) in [5.74, 6) is 2.73. The van der Waals surface area contributed by atoms with E-state index in [9.17, 15) is 0 Å². The smallest absolute Gasteiger partial charge is 0.0159 e. The first-order chi connectivity index (χ1) is 24.0. The molecular formula is C49H40. The van der Waals surface area contributed by atoms with E-state index in [4.69, 9.17) is 0 Å². The molecule has 0 aromatic heterocycles. The Kier molecular flexibility index (Phi) is 6.41. The summed E-state index contributed by atoms with van der Waals surface area (Å²) in [6, 6.07) is 29.9. The maximum Gasteiger partial charge on any atom is 0.0159 e. The normalized spacial score (nSPS) is 27.8. The van der Waals surface area contributed by atoms with Gasteiger partial charge in [-0.1, -0.05) is 166 Å². The van der Waals surface area contributed by atoms with Crippen LogP contribution in [0, 0.1) is 35.5 Å². The first-order valence-electron chi connectivity index (χ1n) is 18.0. The molecule has 0 amide bonds. The molecule has 4 aromatic carbocycles. The van der Waals surface area contributed by atoms with E-state index in [0.717, 1.165) is 0 Å². The van der Waals surface area contributed by atoms with Gasteiger partial charge in [-0.05, 0) is 96.5 Å². The summed E-state index contributed by atoms with van der Waals surface area (Å²) in [7, 11) is 0. The van der Waals surface area contributed by atoms with Crippen LogP contribution >= 0.6 is 0 Å². The van der Waals surface area contributed by atoms with Crippen molar-refractivity contribution in [3.8, 4) is 22.3 Å². The van der Waals surface area contributed by atoms with Gasteiger partial charge in [0.05, 0.1) is 0 Å². The van der Waals surface area contributed by atoms with Crippen LogP contribution in [0.3, 0.4) is 0 Å². The third-order valence-corrected chi connectivity index (χ3v) is 12.2. The van der Waals surface area contributed by atoms with Gasteiger partial charge in [-0.25, -0.2) is 0 Å². The van der Waals surface area contributed by atoms with Crippen molar-refractivity contribution in [2.24, 2.45) is 35.5 Å². The average molecular weight is 629 g/mol. The predicted molar refractivity (Wildman–Crippen MR) is 207 cm³/mol. The zero-order valence-corrected chi connectivity index (χ0v) is 28.1. The van der Waals surface area contributed by atoms with E-state index in [1.807, 2.05) is 0 Å². The molecule has 4 aromatic rings. The van der Waals surface area contributed by atoms with E-state index < -0.39 is 0 Å². The van der Waals surface area contributed by atoms with Gasteiger partial charge < -0.3 is 0 Å². The summed E-state index contributed by atoms with van der Waals surface area (Å²) >= 11 is 0. The highest BCUT2D eigenvalue weighted by Crippen LogP contribution is 2.50. The molecule has 6 unspecified atom stereocenters. The zero-order valence-electron chi connectivity index (χ0n) is 28.1. The summed E-state index contributed by atoms with van der Waals surface area (Å²) in [4.78, 5) is 0. The molecule has 49 heavy (non-hydrogen) atoms. The number of fused-ring (bicyclic) bond motifs is 8. The molecule has 0 saturated carbocycles. The van der Waals surface area contributed by atoms with Crippen molar-refractivity contribution in [1.82, 2.24) is 0 Å². The van der Waals surface area contributed by atoms with Gasteiger partial charge in [-0.2, -0.15) is 0 Å². The maximum atomic E-state index is 2.55. The summed E-state index contributed by atoms with van der Waals surface area (Å²) in [6.07, 6.45) is 35.7. The van der Waals surface area contributed by atoms with Gasteiger partial charge in [0.1, 0.15) is 0 Å². The minimum Gasteiger partial charge on any atom is -0.0799 e. The first-order valence-corrected chi connectivity index (χ1v) is 18.0. The molecule has 0 nitrogen and oxygen atoms in total. The lowest BCUT2D eigenvalue weighted by atomic mass is 9.63. The Morgan fingerprint density at radius 2 is 1.12 bits per heavy atom. The predicted octanol–water partition coefficient (Wildman–Crippen LogP) is 12.2. The Hall–Kier alpha value is -5.20. The Morgan fingerprint density at radius 1 is 0.469 bits per heavy atom. The summed E-state index contributed by atoms with van der Waals surface area (Å²) in [5.41, 5.74) is 13.6. The van der Waals surface area contributed by atoms with Crippen LogP contribution in [-0.2, 0) is 5.41 Å². The lowest BCUT2D eigenvalue weighted by Crippen LogP contribution is -2.33. The minimum absolute atomic E-state index is 0.00540. The van der Waals surface area contributed by atoms with Crippen LogP contribution in [0.5, 0.6) is 0 Å². The number of allylic oxidation sites excluding steroid dienone is 18. The molecule has 6 aliphatic rings. The van der Waals surface area contributed by atoms with Gasteiger partial charge in [0.25, 0.3) is 0 Å². The van der Waals surface area contributed by atoms with Crippen molar-refractivity contribution in [1.29, 1.82) is 0 Å². The van der Waals surface area contributed by atoms with Gasteiger partial charge in [0, 0.05) is 29.1 Å². The van der Waals surface area contributed by atoms with Crippen LogP contribution in [-0.4, -0.2) is 0 Å². The molecule has 0 spiro atoms. The minimum atomic E-state index is 0.00540. The van der Waals surface area contributed by atoms with Crippen molar-refractivity contribution in [3.63, 3.8) is 0 Å². The maximum absolute atomic E-state index is 2.55. The highest BCUT2D eigenvalue weighted by Gasteiger charge is 2.38.